The molecule has 0 bridgehead atoms. The minimum absolute atomic E-state index is 0.120. The van der Waals surface area contributed by atoms with E-state index in [4.69, 9.17) is 0 Å². The van der Waals surface area contributed by atoms with Gasteiger partial charge >= 0.3 is 5.97 Å². The Labute approximate surface area is 133 Å². The van der Waals surface area contributed by atoms with Crippen molar-refractivity contribution in [2.45, 2.75) is 13.3 Å². The number of carbonyl (C=O) groups excluding carboxylic acids is 3. The molecule has 0 unspecified atom stereocenters. The number of esters is 1. The third kappa shape index (κ3) is 3.83. The van der Waals surface area contributed by atoms with Crippen LogP contribution in [0.15, 0.2) is 42.5 Å². The molecule has 1 N–H and O–H groups in total. The molecular weight excluding hydrogens is 296 g/mol. The number of ether oxygens (including phenoxy) is 1. The highest BCUT2D eigenvalue weighted by molar-refractivity contribution is 6.14. The Morgan fingerprint density at radius 2 is 1.57 bits per heavy atom. The number of methoxy groups -OCH3 is 1. The molecule has 0 aliphatic heterocycles. The number of rotatable bonds is 5. The van der Waals surface area contributed by atoms with Gasteiger partial charge in [-0.2, -0.15) is 0 Å². The van der Waals surface area contributed by atoms with Gasteiger partial charge in [0.15, 0.2) is 11.6 Å². The molecule has 0 fully saturated rings. The van der Waals surface area contributed by atoms with Gasteiger partial charge in [-0.25, -0.2) is 4.79 Å². The number of aryl methyl sites for hydroxylation is 1. The molecule has 0 amide bonds. The van der Waals surface area contributed by atoms with Crippen molar-refractivity contribution in [3.8, 4) is 5.75 Å². The van der Waals surface area contributed by atoms with Crippen LogP contribution in [0, 0.1) is 6.92 Å². The molecule has 5 heteroatoms. The summed E-state index contributed by atoms with van der Waals surface area (Å²) in [4.78, 5) is 35.6. The molecule has 2 aromatic carbocycles. The maximum atomic E-state index is 12.1. The third-order valence-corrected chi connectivity index (χ3v) is 3.40. The predicted octanol–water partition coefficient (Wildman–Crippen LogP) is 2.94. The van der Waals surface area contributed by atoms with E-state index in [1.165, 1.54) is 43.5 Å². The zero-order valence-corrected chi connectivity index (χ0v) is 12.8. The van der Waals surface area contributed by atoms with Gasteiger partial charge in [0.25, 0.3) is 0 Å². The number of hydrogen-bond donors (Lipinski definition) is 1. The molecule has 23 heavy (non-hydrogen) atoms. The van der Waals surface area contributed by atoms with Crippen LogP contribution >= 0.6 is 0 Å². The Kier molecular flexibility index (Phi) is 4.91. The Hall–Kier alpha value is -2.95. The molecule has 0 aliphatic carbocycles. The van der Waals surface area contributed by atoms with Gasteiger partial charge < -0.3 is 9.84 Å². The minimum atomic E-state index is -0.496. The first-order valence-corrected chi connectivity index (χ1v) is 6.96. The first-order chi connectivity index (χ1) is 10.9. The van der Waals surface area contributed by atoms with Crippen LogP contribution in [0.5, 0.6) is 5.75 Å². The van der Waals surface area contributed by atoms with E-state index in [-0.39, 0.29) is 23.5 Å². The lowest BCUT2D eigenvalue weighted by molar-refractivity contribution is 0.0600. The van der Waals surface area contributed by atoms with E-state index in [0.29, 0.717) is 11.1 Å². The van der Waals surface area contributed by atoms with E-state index < -0.39 is 11.8 Å². The van der Waals surface area contributed by atoms with Crippen molar-refractivity contribution in [1.82, 2.24) is 0 Å². The predicted molar refractivity (Wildman–Crippen MR) is 83.9 cm³/mol. The smallest absolute Gasteiger partial charge is 0.337 e. The maximum Gasteiger partial charge on any atom is 0.337 e. The molecule has 0 atom stereocenters. The van der Waals surface area contributed by atoms with Crippen molar-refractivity contribution >= 4 is 17.5 Å². The van der Waals surface area contributed by atoms with Crippen molar-refractivity contribution in [2.75, 3.05) is 7.11 Å². The van der Waals surface area contributed by atoms with Gasteiger partial charge in [0.05, 0.1) is 24.7 Å². The summed E-state index contributed by atoms with van der Waals surface area (Å²) in [5.41, 5.74) is 1.59. The number of benzene rings is 2. The van der Waals surface area contributed by atoms with Crippen LogP contribution in [0.3, 0.4) is 0 Å². The summed E-state index contributed by atoms with van der Waals surface area (Å²) in [5, 5.41) is 9.79. The number of Topliss-reactive ketones (excluding diaryl/α,β-unsaturated/α-hetero) is 2. The summed E-state index contributed by atoms with van der Waals surface area (Å²) in [6, 6.07) is 10.5. The van der Waals surface area contributed by atoms with Crippen LogP contribution in [0.25, 0.3) is 0 Å². The van der Waals surface area contributed by atoms with Gasteiger partial charge in [-0.15, -0.1) is 0 Å². The summed E-state index contributed by atoms with van der Waals surface area (Å²) in [5.74, 6) is -1.47. The molecular formula is C18H16O5. The van der Waals surface area contributed by atoms with E-state index in [9.17, 15) is 19.5 Å². The highest BCUT2D eigenvalue weighted by Gasteiger charge is 2.17. The zero-order chi connectivity index (χ0) is 17.0. The fourth-order valence-electron chi connectivity index (χ4n) is 2.13. The molecule has 5 nitrogen and oxygen atoms in total. The summed E-state index contributed by atoms with van der Waals surface area (Å²) in [7, 11) is 1.27. The van der Waals surface area contributed by atoms with Crippen LogP contribution in [0.1, 0.15) is 43.1 Å². The van der Waals surface area contributed by atoms with Crippen LogP contribution in [0.2, 0.25) is 0 Å². The highest BCUT2D eigenvalue weighted by atomic mass is 16.5. The summed E-state index contributed by atoms with van der Waals surface area (Å²) < 4.78 is 4.58. The quantitative estimate of drug-likeness (QED) is 0.521. The topological polar surface area (TPSA) is 80.7 Å². The average molecular weight is 312 g/mol. The summed E-state index contributed by atoms with van der Waals surface area (Å²) in [6.45, 7) is 1.79. The largest absolute Gasteiger partial charge is 0.507 e. The molecule has 0 spiro atoms. The van der Waals surface area contributed by atoms with Crippen LogP contribution in [-0.4, -0.2) is 29.8 Å². The normalized spacial score (nSPS) is 10.2. The Morgan fingerprint density at radius 3 is 2.13 bits per heavy atom. The van der Waals surface area contributed by atoms with Gasteiger partial charge in [-0.3, -0.25) is 9.59 Å². The number of phenolic OH excluding ortho intramolecular Hbond substituents is 1. The fourth-order valence-corrected chi connectivity index (χ4v) is 2.13. The van der Waals surface area contributed by atoms with E-state index in [2.05, 4.69) is 4.74 Å². The molecule has 2 rings (SSSR count). The Balaban J connectivity index is 2.12. The molecule has 0 radical (unpaired) electrons. The second kappa shape index (κ2) is 6.87. The van der Waals surface area contributed by atoms with E-state index >= 15 is 0 Å². The molecule has 0 aliphatic rings. The van der Waals surface area contributed by atoms with Gasteiger partial charge in [-0.05, 0) is 36.8 Å². The standard InChI is InChI=1S/C18H16O5/c1-11-3-8-14(16(20)9-11)17(21)10-15(19)12-4-6-13(7-5-12)18(22)23-2/h3-9,20H,10H2,1-2H3. The average Bonchev–Trinajstić information content (AvgIpc) is 2.54. The first-order valence-electron chi connectivity index (χ1n) is 6.96. The molecule has 0 saturated carbocycles. The molecule has 0 heterocycles. The van der Waals surface area contributed by atoms with Crippen molar-refractivity contribution in [3.05, 3.63) is 64.7 Å². The van der Waals surface area contributed by atoms with Crippen LogP contribution in [-0.2, 0) is 4.74 Å². The van der Waals surface area contributed by atoms with Crippen molar-refractivity contribution in [3.63, 3.8) is 0 Å². The number of carbonyl (C=O) groups is 3. The van der Waals surface area contributed by atoms with Crippen LogP contribution in [0.4, 0.5) is 0 Å². The summed E-state index contributed by atoms with van der Waals surface area (Å²) >= 11 is 0. The highest BCUT2D eigenvalue weighted by Crippen LogP contribution is 2.21. The van der Waals surface area contributed by atoms with Crippen molar-refractivity contribution < 1.29 is 24.2 Å². The lowest BCUT2D eigenvalue weighted by Gasteiger charge is -2.05. The van der Waals surface area contributed by atoms with Gasteiger partial charge in [0.1, 0.15) is 5.75 Å². The third-order valence-electron chi connectivity index (χ3n) is 3.40. The lowest BCUT2D eigenvalue weighted by Crippen LogP contribution is -2.09. The second-order valence-corrected chi connectivity index (χ2v) is 5.11. The van der Waals surface area contributed by atoms with E-state index in [1.54, 1.807) is 13.0 Å². The van der Waals surface area contributed by atoms with Gasteiger partial charge in [0, 0.05) is 5.56 Å². The number of aromatic hydroxyl groups is 1. The van der Waals surface area contributed by atoms with E-state index in [0.717, 1.165) is 5.56 Å². The van der Waals surface area contributed by atoms with Gasteiger partial charge in [0.2, 0.25) is 0 Å². The monoisotopic (exact) mass is 312 g/mol. The fraction of sp³-hybridized carbons (Fsp3) is 0.167. The van der Waals surface area contributed by atoms with Gasteiger partial charge in [-0.1, -0.05) is 18.2 Å². The zero-order valence-electron chi connectivity index (χ0n) is 12.8. The van der Waals surface area contributed by atoms with Crippen molar-refractivity contribution in [1.29, 1.82) is 0 Å². The Bertz CT molecular complexity index is 759. The number of ketones is 2. The summed E-state index contributed by atoms with van der Waals surface area (Å²) in [6.07, 6.45) is -0.353. The molecule has 0 saturated heterocycles. The molecule has 2 aromatic rings. The SMILES string of the molecule is COC(=O)c1ccc(C(=O)CC(=O)c2ccc(C)cc2O)cc1. The minimum Gasteiger partial charge on any atom is -0.507 e. The number of hydrogen-bond acceptors (Lipinski definition) is 5. The van der Waals surface area contributed by atoms with Crippen molar-refractivity contribution in [2.24, 2.45) is 0 Å². The molecule has 0 aromatic heterocycles. The second-order valence-electron chi connectivity index (χ2n) is 5.11. The lowest BCUT2D eigenvalue weighted by atomic mass is 9.99. The Morgan fingerprint density at radius 1 is 0.957 bits per heavy atom. The maximum absolute atomic E-state index is 12.1. The number of phenols is 1. The first kappa shape index (κ1) is 16.4. The van der Waals surface area contributed by atoms with E-state index in [1.807, 2.05) is 0 Å². The molecule has 118 valence electrons. The van der Waals surface area contributed by atoms with Crippen LogP contribution < -0.4 is 0 Å².